The molecule has 13 aromatic rings. The summed E-state index contributed by atoms with van der Waals surface area (Å²) in [6.45, 7) is 4.77. The molecular formula is C66H43N3. The van der Waals surface area contributed by atoms with Gasteiger partial charge in [-0.1, -0.05) is 208 Å². The lowest BCUT2D eigenvalue weighted by atomic mass is 9.78. The van der Waals surface area contributed by atoms with Crippen LogP contribution in [0.3, 0.4) is 0 Å². The van der Waals surface area contributed by atoms with Crippen LogP contribution in [0.25, 0.3) is 132 Å². The molecule has 0 amide bonds. The highest BCUT2D eigenvalue weighted by Gasteiger charge is 2.37. The summed E-state index contributed by atoms with van der Waals surface area (Å²) in [5.41, 5.74) is 12.6. The summed E-state index contributed by atoms with van der Waals surface area (Å²) in [6, 6.07) is 81.9. The van der Waals surface area contributed by atoms with Crippen molar-refractivity contribution < 1.29 is 0 Å². The summed E-state index contributed by atoms with van der Waals surface area (Å²) < 4.78 is 0. The minimum atomic E-state index is -0.351. The van der Waals surface area contributed by atoms with Crippen molar-refractivity contribution in [3.05, 3.63) is 236 Å². The topological polar surface area (TPSA) is 38.7 Å². The fourth-order valence-electron chi connectivity index (χ4n) is 11.6. The van der Waals surface area contributed by atoms with Crippen LogP contribution in [0.1, 0.15) is 25.0 Å². The van der Waals surface area contributed by atoms with Crippen LogP contribution < -0.4 is 0 Å². The van der Waals surface area contributed by atoms with Crippen LogP contribution in [0.4, 0.5) is 0 Å². The van der Waals surface area contributed by atoms with E-state index in [-0.39, 0.29) is 5.41 Å². The van der Waals surface area contributed by atoms with Crippen molar-refractivity contribution in [3.8, 4) is 67.5 Å². The van der Waals surface area contributed by atoms with Gasteiger partial charge in [0.25, 0.3) is 0 Å². The second kappa shape index (κ2) is 15.1. The maximum Gasteiger partial charge on any atom is 0.164 e. The fourth-order valence-corrected chi connectivity index (χ4v) is 11.6. The molecule has 0 saturated carbocycles. The van der Waals surface area contributed by atoms with Crippen molar-refractivity contribution in [2.24, 2.45) is 0 Å². The molecule has 322 valence electrons. The smallest absolute Gasteiger partial charge is 0.164 e. The molecule has 1 aromatic heterocycles. The Morgan fingerprint density at radius 1 is 0.261 bits per heavy atom. The summed E-state index contributed by atoms with van der Waals surface area (Å²) in [6.07, 6.45) is 0. The highest BCUT2D eigenvalue weighted by molar-refractivity contribution is 6.29. The molecule has 1 heterocycles. The second-order valence-corrected chi connectivity index (χ2v) is 19.0. The van der Waals surface area contributed by atoms with Crippen molar-refractivity contribution in [2.75, 3.05) is 0 Å². The molecule has 69 heavy (non-hydrogen) atoms. The zero-order valence-corrected chi connectivity index (χ0v) is 38.2. The highest BCUT2D eigenvalue weighted by Crippen LogP contribution is 2.55. The van der Waals surface area contributed by atoms with E-state index in [0.717, 1.165) is 16.7 Å². The van der Waals surface area contributed by atoms with Crippen LogP contribution in [0.2, 0.25) is 0 Å². The van der Waals surface area contributed by atoms with E-state index in [0.29, 0.717) is 17.5 Å². The maximum atomic E-state index is 5.16. The molecule has 1 aliphatic carbocycles. The summed E-state index contributed by atoms with van der Waals surface area (Å²) in [5, 5.41) is 15.0. The van der Waals surface area contributed by atoms with Gasteiger partial charge in [0.15, 0.2) is 17.5 Å². The molecule has 0 aliphatic heterocycles. The highest BCUT2D eigenvalue weighted by atomic mass is 15.0. The van der Waals surface area contributed by atoms with E-state index in [1.54, 1.807) is 0 Å². The average Bonchev–Trinajstić information content (AvgIpc) is 3.63. The lowest BCUT2D eigenvalue weighted by molar-refractivity contribution is 0.661. The minimum absolute atomic E-state index is 0.351. The first-order chi connectivity index (χ1) is 34.0. The number of fused-ring (bicyclic) bond motifs is 11. The second-order valence-electron chi connectivity index (χ2n) is 19.0. The quantitative estimate of drug-likeness (QED) is 0.128. The number of nitrogens with zero attached hydrogens (tertiary/aromatic N) is 3. The minimum Gasteiger partial charge on any atom is -0.208 e. The molecule has 12 aromatic carbocycles. The molecular weight excluding hydrogens is 835 g/mol. The van der Waals surface area contributed by atoms with Crippen molar-refractivity contribution in [1.82, 2.24) is 15.0 Å². The molecule has 0 spiro atoms. The fraction of sp³-hybridized carbons (Fsp3) is 0.0455. The Balaban J connectivity index is 1.07. The van der Waals surface area contributed by atoms with Gasteiger partial charge in [-0.15, -0.1) is 0 Å². The molecule has 0 N–H and O–H groups in total. The molecule has 1 aliphatic rings. The molecule has 0 radical (unpaired) electrons. The number of aromatic nitrogens is 3. The number of benzene rings is 12. The Morgan fingerprint density at radius 3 is 1.16 bits per heavy atom. The third-order valence-corrected chi connectivity index (χ3v) is 14.9. The molecule has 0 unspecified atom stereocenters. The third-order valence-electron chi connectivity index (χ3n) is 14.9. The number of hydrogen-bond acceptors (Lipinski definition) is 3. The Morgan fingerprint density at radius 2 is 0.652 bits per heavy atom. The average molecular weight is 878 g/mol. The van der Waals surface area contributed by atoms with Crippen LogP contribution in [0.5, 0.6) is 0 Å². The van der Waals surface area contributed by atoms with Gasteiger partial charge in [-0.25, -0.2) is 15.0 Å². The first-order valence-electron chi connectivity index (χ1n) is 23.8. The van der Waals surface area contributed by atoms with Crippen LogP contribution in [0, 0.1) is 0 Å². The van der Waals surface area contributed by atoms with Gasteiger partial charge in [-0.05, 0) is 139 Å². The maximum absolute atomic E-state index is 5.16. The van der Waals surface area contributed by atoms with E-state index in [1.807, 2.05) is 36.4 Å². The summed E-state index contributed by atoms with van der Waals surface area (Å²) >= 11 is 0. The Labute approximate surface area is 400 Å². The van der Waals surface area contributed by atoms with Crippen LogP contribution in [-0.2, 0) is 5.41 Å². The third kappa shape index (κ3) is 6.03. The van der Waals surface area contributed by atoms with Crippen molar-refractivity contribution in [1.29, 1.82) is 0 Å². The van der Waals surface area contributed by atoms with Crippen molar-refractivity contribution >= 4 is 64.6 Å². The molecule has 14 rings (SSSR count). The predicted molar refractivity (Wildman–Crippen MR) is 290 cm³/mol. The van der Waals surface area contributed by atoms with Crippen molar-refractivity contribution in [3.63, 3.8) is 0 Å². The zero-order valence-electron chi connectivity index (χ0n) is 38.2. The van der Waals surface area contributed by atoms with E-state index >= 15 is 0 Å². The summed E-state index contributed by atoms with van der Waals surface area (Å²) in [5.74, 6) is 1.97. The van der Waals surface area contributed by atoms with Gasteiger partial charge >= 0.3 is 0 Å². The summed E-state index contributed by atoms with van der Waals surface area (Å²) in [7, 11) is 0. The van der Waals surface area contributed by atoms with Crippen molar-refractivity contribution in [2.45, 2.75) is 19.3 Å². The summed E-state index contributed by atoms with van der Waals surface area (Å²) in [4.78, 5) is 15.3. The van der Waals surface area contributed by atoms with Gasteiger partial charge < -0.3 is 0 Å². The molecule has 3 heteroatoms. The first-order valence-corrected chi connectivity index (χ1v) is 23.8. The standard InChI is InChI=1S/C66H43N3/c1-66(2)59-37-44(65-68-63(40-19-5-3-6-20-40)67-64(69-65)41-21-7-4-8-22-41)33-34-51(59)54-38-57-58(39-60(54)66)62(56-36-43-24-10-12-26-46(43)48-28-14-16-30-50(48)56)53-32-18-17-31-52(53)61(57)55-35-42-23-9-11-25-45(42)47-27-13-15-29-49(47)55/h3-39H,1-2H3. The van der Waals surface area contributed by atoms with Crippen LogP contribution in [0.15, 0.2) is 224 Å². The molecule has 0 bridgehead atoms. The van der Waals surface area contributed by atoms with E-state index in [4.69, 9.17) is 15.0 Å². The van der Waals surface area contributed by atoms with Gasteiger partial charge in [-0.2, -0.15) is 0 Å². The first kappa shape index (κ1) is 39.4. The Bertz CT molecular complexity index is 4210. The van der Waals surface area contributed by atoms with Gasteiger partial charge in [0, 0.05) is 22.1 Å². The van der Waals surface area contributed by atoms with E-state index < -0.39 is 0 Å². The Kier molecular flexibility index (Phi) is 8.63. The Hall–Kier alpha value is -8.79. The molecule has 0 fully saturated rings. The van der Waals surface area contributed by atoms with Gasteiger partial charge in [0.1, 0.15) is 0 Å². The van der Waals surface area contributed by atoms with Crippen LogP contribution in [-0.4, -0.2) is 15.0 Å². The van der Waals surface area contributed by atoms with Gasteiger partial charge in [0.2, 0.25) is 0 Å². The lowest BCUT2D eigenvalue weighted by Gasteiger charge is -2.25. The largest absolute Gasteiger partial charge is 0.208 e. The van der Waals surface area contributed by atoms with Gasteiger partial charge in [-0.3, -0.25) is 0 Å². The normalized spacial score (nSPS) is 12.9. The predicted octanol–water partition coefficient (Wildman–Crippen LogP) is 17.4. The molecule has 3 nitrogen and oxygen atoms in total. The number of hydrogen-bond donors (Lipinski definition) is 0. The monoisotopic (exact) mass is 877 g/mol. The SMILES string of the molecule is CC1(C)c2cc(-c3nc(-c4ccccc4)nc(-c4ccccc4)n3)ccc2-c2cc3c(-c4cc5ccccc5c5ccccc45)c4ccccc4c(-c4cc5ccccc5c5ccccc45)c3cc21. The lowest BCUT2D eigenvalue weighted by Crippen LogP contribution is -2.15. The number of rotatable bonds is 5. The van der Waals surface area contributed by atoms with E-state index in [2.05, 4.69) is 202 Å². The van der Waals surface area contributed by atoms with E-state index in [9.17, 15) is 0 Å². The van der Waals surface area contributed by atoms with Crippen LogP contribution >= 0.6 is 0 Å². The molecule has 0 atom stereocenters. The van der Waals surface area contributed by atoms with E-state index in [1.165, 1.54) is 109 Å². The molecule has 0 saturated heterocycles. The van der Waals surface area contributed by atoms with Gasteiger partial charge in [0.05, 0.1) is 0 Å². The zero-order chi connectivity index (χ0) is 45.8.